The van der Waals surface area contributed by atoms with E-state index >= 15 is 0 Å². The monoisotopic (exact) mass is 417 g/mol. The molecule has 0 saturated carbocycles. The number of nitrogens with two attached hydrogens (primary N) is 1. The molecule has 1 aromatic rings. The van der Waals surface area contributed by atoms with Crippen molar-refractivity contribution in [3.05, 3.63) is 17.0 Å². The van der Waals surface area contributed by atoms with E-state index in [-0.39, 0.29) is 30.1 Å². The maximum Gasteiger partial charge on any atom is 0.340 e. The molecule has 2 amide bonds. The quantitative estimate of drug-likeness (QED) is 0.689. The van der Waals surface area contributed by atoms with E-state index in [1.54, 1.807) is 11.4 Å². The van der Waals surface area contributed by atoms with Crippen LogP contribution in [0.4, 0.5) is 5.00 Å². The first kappa shape index (κ1) is 21.6. The van der Waals surface area contributed by atoms with Gasteiger partial charge in [-0.3, -0.25) is 9.59 Å². The van der Waals surface area contributed by atoms with Crippen molar-refractivity contribution in [3.8, 4) is 0 Å². The molecule has 2 unspecified atom stereocenters. The predicted molar refractivity (Wildman–Crippen MR) is 103 cm³/mol. The molecule has 3 N–H and O–H groups in total. The van der Waals surface area contributed by atoms with Crippen LogP contribution in [0, 0.1) is 5.92 Å². The molecule has 0 aliphatic carbocycles. The number of hydrogen-bond donors (Lipinski definition) is 2. The minimum atomic E-state index is -0.645. The molecule has 2 atom stereocenters. The van der Waals surface area contributed by atoms with Crippen molar-refractivity contribution in [3.63, 3.8) is 0 Å². The van der Waals surface area contributed by atoms with E-state index in [0.29, 0.717) is 36.7 Å². The fraction of sp³-hybridized carbons (Fsp3) is 0.588. The standard InChI is InChI=1S/C17H23N3O5S.ClH/c1-24-17(23)11-5-9-26-16(11)20-6-2-12(15(20)22)19-14(21)13(18)10-3-7-25-8-4-10;/h5,9-10,12-13H,2-4,6-8,18H2,1H3,(H,19,21);1H. The third-order valence-electron chi connectivity index (χ3n) is 4.89. The summed E-state index contributed by atoms with van der Waals surface area (Å²) in [6, 6.07) is 0.362. The van der Waals surface area contributed by atoms with Crippen molar-refractivity contribution >= 4 is 46.5 Å². The molecule has 8 nitrogen and oxygen atoms in total. The molecule has 0 radical (unpaired) electrons. The second-order valence-corrected chi connectivity index (χ2v) is 7.34. The molecular formula is C17H24ClN3O5S. The maximum absolute atomic E-state index is 12.7. The number of nitrogens with zero attached hydrogens (tertiary/aromatic N) is 1. The molecule has 150 valence electrons. The SMILES string of the molecule is COC(=O)c1ccsc1N1CCC(NC(=O)C(N)C2CCOCC2)C1=O.Cl. The van der Waals surface area contributed by atoms with Crippen LogP contribution in [-0.2, 0) is 19.1 Å². The van der Waals surface area contributed by atoms with E-state index in [4.69, 9.17) is 15.2 Å². The molecule has 0 spiro atoms. The molecule has 2 aliphatic heterocycles. The highest BCUT2D eigenvalue weighted by atomic mass is 35.5. The van der Waals surface area contributed by atoms with Crippen LogP contribution in [0.5, 0.6) is 0 Å². The van der Waals surface area contributed by atoms with Crippen LogP contribution in [0.2, 0.25) is 0 Å². The summed E-state index contributed by atoms with van der Waals surface area (Å²) in [4.78, 5) is 38.5. The lowest BCUT2D eigenvalue weighted by Crippen LogP contribution is -2.51. The molecule has 2 fully saturated rings. The van der Waals surface area contributed by atoms with E-state index < -0.39 is 18.1 Å². The van der Waals surface area contributed by atoms with E-state index in [1.807, 2.05) is 0 Å². The first-order valence-electron chi connectivity index (χ1n) is 8.63. The zero-order chi connectivity index (χ0) is 18.7. The Kier molecular flexibility index (Phi) is 7.60. The summed E-state index contributed by atoms with van der Waals surface area (Å²) in [5.41, 5.74) is 6.43. The lowest BCUT2D eigenvalue weighted by Gasteiger charge is -2.27. The van der Waals surface area contributed by atoms with Gasteiger partial charge in [-0.25, -0.2) is 4.79 Å². The molecular weight excluding hydrogens is 394 g/mol. The van der Waals surface area contributed by atoms with Crippen LogP contribution >= 0.6 is 23.7 Å². The first-order chi connectivity index (χ1) is 12.5. The maximum atomic E-state index is 12.7. The fourth-order valence-electron chi connectivity index (χ4n) is 3.35. The number of thiophene rings is 1. The largest absolute Gasteiger partial charge is 0.465 e. The number of ether oxygens (including phenoxy) is 2. The van der Waals surface area contributed by atoms with Crippen molar-refractivity contribution in [1.82, 2.24) is 5.32 Å². The Labute approximate surface area is 167 Å². The van der Waals surface area contributed by atoms with E-state index in [2.05, 4.69) is 5.32 Å². The van der Waals surface area contributed by atoms with Crippen LogP contribution in [0.3, 0.4) is 0 Å². The average Bonchev–Trinajstić information content (AvgIpc) is 3.28. The van der Waals surface area contributed by atoms with Crippen LogP contribution in [0.1, 0.15) is 29.6 Å². The normalized spacial score (nSPS) is 21.5. The second-order valence-electron chi connectivity index (χ2n) is 6.45. The fourth-order valence-corrected chi connectivity index (χ4v) is 4.27. The number of amides is 2. The Morgan fingerprint density at radius 2 is 2.07 bits per heavy atom. The number of halogens is 1. The van der Waals surface area contributed by atoms with Gasteiger partial charge in [0, 0.05) is 19.8 Å². The van der Waals surface area contributed by atoms with Gasteiger partial charge < -0.3 is 25.4 Å². The van der Waals surface area contributed by atoms with Crippen molar-refractivity contribution in [2.75, 3.05) is 31.8 Å². The van der Waals surface area contributed by atoms with Gasteiger partial charge in [0.15, 0.2) is 0 Å². The van der Waals surface area contributed by atoms with Crippen LogP contribution in [0.25, 0.3) is 0 Å². The van der Waals surface area contributed by atoms with Crippen LogP contribution in [0.15, 0.2) is 11.4 Å². The molecule has 1 aromatic heterocycles. The minimum absolute atomic E-state index is 0. The summed E-state index contributed by atoms with van der Waals surface area (Å²) in [7, 11) is 1.30. The summed E-state index contributed by atoms with van der Waals surface area (Å²) in [5.74, 6) is -0.954. The minimum Gasteiger partial charge on any atom is -0.465 e. The average molecular weight is 418 g/mol. The zero-order valence-electron chi connectivity index (χ0n) is 15.0. The molecule has 0 bridgehead atoms. The molecule has 2 aliphatic rings. The van der Waals surface area contributed by atoms with E-state index in [0.717, 1.165) is 12.8 Å². The third kappa shape index (κ3) is 4.60. The Balaban J connectivity index is 0.00000261. The Morgan fingerprint density at radius 3 is 2.74 bits per heavy atom. The highest BCUT2D eigenvalue weighted by Crippen LogP contribution is 2.32. The van der Waals surface area contributed by atoms with Crippen molar-refractivity contribution < 1.29 is 23.9 Å². The Hall–Kier alpha value is -1.68. The van der Waals surface area contributed by atoms with Gasteiger partial charge in [-0.05, 0) is 36.6 Å². The highest BCUT2D eigenvalue weighted by Gasteiger charge is 2.37. The van der Waals surface area contributed by atoms with Gasteiger partial charge >= 0.3 is 5.97 Å². The van der Waals surface area contributed by atoms with Gasteiger partial charge in [-0.1, -0.05) is 0 Å². The highest BCUT2D eigenvalue weighted by molar-refractivity contribution is 7.14. The Bertz CT molecular complexity index is 692. The summed E-state index contributed by atoms with van der Waals surface area (Å²) in [5, 5.41) is 5.06. The van der Waals surface area contributed by atoms with Gasteiger partial charge in [-0.15, -0.1) is 23.7 Å². The third-order valence-corrected chi connectivity index (χ3v) is 5.83. The smallest absolute Gasteiger partial charge is 0.340 e. The number of nitrogens with one attached hydrogen (secondary N) is 1. The first-order valence-corrected chi connectivity index (χ1v) is 9.51. The summed E-state index contributed by atoms with van der Waals surface area (Å²) >= 11 is 1.30. The number of esters is 1. The number of methoxy groups -OCH3 is 1. The molecule has 2 saturated heterocycles. The summed E-state index contributed by atoms with van der Waals surface area (Å²) < 4.78 is 10.0. The van der Waals surface area contributed by atoms with Gasteiger partial charge in [0.25, 0.3) is 0 Å². The summed E-state index contributed by atoms with van der Waals surface area (Å²) in [6.07, 6.45) is 1.97. The number of carbonyl (C=O) groups excluding carboxylic acids is 3. The molecule has 10 heteroatoms. The van der Waals surface area contributed by atoms with Crippen molar-refractivity contribution in [1.29, 1.82) is 0 Å². The van der Waals surface area contributed by atoms with Crippen LogP contribution in [-0.4, -0.2) is 56.7 Å². The van der Waals surface area contributed by atoms with Gasteiger partial charge in [-0.2, -0.15) is 0 Å². The zero-order valence-corrected chi connectivity index (χ0v) is 16.6. The number of carbonyl (C=O) groups is 3. The number of rotatable bonds is 5. The lowest BCUT2D eigenvalue weighted by atomic mass is 9.91. The summed E-state index contributed by atoms with van der Waals surface area (Å²) in [6.45, 7) is 1.65. The van der Waals surface area contributed by atoms with Gasteiger partial charge in [0.1, 0.15) is 11.0 Å². The van der Waals surface area contributed by atoms with E-state index in [9.17, 15) is 14.4 Å². The topological polar surface area (TPSA) is 111 Å². The van der Waals surface area contributed by atoms with Gasteiger partial charge in [0.2, 0.25) is 11.8 Å². The number of anilines is 1. The predicted octanol–water partition coefficient (Wildman–Crippen LogP) is 0.932. The van der Waals surface area contributed by atoms with Gasteiger partial charge in [0.05, 0.1) is 18.7 Å². The van der Waals surface area contributed by atoms with E-state index in [1.165, 1.54) is 23.3 Å². The number of hydrogen-bond acceptors (Lipinski definition) is 7. The lowest BCUT2D eigenvalue weighted by molar-refractivity contribution is -0.128. The van der Waals surface area contributed by atoms with Crippen LogP contribution < -0.4 is 16.0 Å². The molecule has 27 heavy (non-hydrogen) atoms. The molecule has 3 rings (SSSR count). The van der Waals surface area contributed by atoms with Crippen molar-refractivity contribution in [2.24, 2.45) is 11.7 Å². The molecule has 3 heterocycles. The molecule has 0 aromatic carbocycles. The second kappa shape index (κ2) is 9.50. The Morgan fingerprint density at radius 1 is 1.37 bits per heavy atom. The van der Waals surface area contributed by atoms with Crippen molar-refractivity contribution in [2.45, 2.75) is 31.3 Å².